The van der Waals surface area contributed by atoms with Crippen LogP contribution >= 0.6 is 11.8 Å². The lowest BCUT2D eigenvalue weighted by Gasteiger charge is -2.41. The summed E-state index contributed by atoms with van der Waals surface area (Å²) in [5.74, 6) is 0.265. The fourth-order valence-electron chi connectivity index (χ4n) is 3.70. The van der Waals surface area contributed by atoms with Crippen LogP contribution in [0.1, 0.15) is 49.1 Å². The van der Waals surface area contributed by atoms with Gasteiger partial charge in [0.15, 0.2) is 10.9 Å². The van der Waals surface area contributed by atoms with Crippen molar-refractivity contribution >= 4 is 17.7 Å². The summed E-state index contributed by atoms with van der Waals surface area (Å²) in [7, 11) is 0. The first-order valence-corrected chi connectivity index (χ1v) is 9.76. The summed E-state index contributed by atoms with van der Waals surface area (Å²) >= 11 is 1.49. The first-order chi connectivity index (χ1) is 11.2. The van der Waals surface area contributed by atoms with E-state index in [0.717, 1.165) is 50.3 Å². The molecule has 0 spiro atoms. The van der Waals surface area contributed by atoms with Crippen LogP contribution in [0.15, 0.2) is 21.6 Å². The minimum atomic E-state index is -0.178. The van der Waals surface area contributed by atoms with Gasteiger partial charge in [0.25, 0.3) is 5.91 Å². The zero-order valence-electron chi connectivity index (χ0n) is 13.7. The first kappa shape index (κ1) is 16.9. The predicted molar refractivity (Wildman–Crippen MR) is 90.8 cm³/mol. The number of aliphatic hydroxyl groups is 1. The number of nitrogens with one attached hydrogen (secondary N) is 1. The number of thioether (sulfide) groups is 1. The number of carbonyl (C=O) groups is 1. The average Bonchev–Trinajstić information content (AvgIpc) is 3.05. The molecule has 1 aromatic heterocycles. The zero-order chi connectivity index (χ0) is 16.2. The van der Waals surface area contributed by atoms with E-state index in [1.165, 1.54) is 18.2 Å². The van der Waals surface area contributed by atoms with Crippen molar-refractivity contribution < 1.29 is 14.3 Å². The lowest BCUT2D eigenvalue weighted by atomic mass is 9.89. The fraction of sp³-hybridized carbons (Fsp3) is 0.706. The molecule has 1 aliphatic heterocycles. The first-order valence-electron chi connectivity index (χ1n) is 8.54. The Bertz CT molecular complexity index is 526. The Labute approximate surface area is 141 Å². The SMILES string of the molecule is CSc1ccc(C(=O)NC2CCN(C3CCCCC3O)CC2)o1. The Morgan fingerprint density at radius 1 is 1.26 bits per heavy atom. The van der Waals surface area contributed by atoms with Crippen molar-refractivity contribution in [1.82, 2.24) is 10.2 Å². The number of hydrogen-bond donors (Lipinski definition) is 2. The van der Waals surface area contributed by atoms with Gasteiger partial charge in [-0.1, -0.05) is 24.6 Å². The molecule has 2 fully saturated rings. The van der Waals surface area contributed by atoms with Gasteiger partial charge in [0.1, 0.15) is 0 Å². The Morgan fingerprint density at radius 2 is 2.00 bits per heavy atom. The van der Waals surface area contributed by atoms with Crippen molar-refractivity contribution in [2.75, 3.05) is 19.3 Å². The number of rotatable bonds is 4. The van der Waals surface area contributed by atoms with Crippen LogP contribution in [0.2, 0.25) is 0 Å². The molecular formula is C17H26N2O3S. The van der Waals surface area contributed by atoms with Gasteiger partial charge < -0.3 is 14.8 Å². The molecule has 128 valence electrons. The molecule has 0 bridgehead atoms. The van der Waals surface area contributed by atoms with E-state index in [0.29, 0.717) is 11.8 Å². The van der Waals surface area contributed by atoms with E-state index in [4.69, 9.17) is 4.42 Å². The smallest absolute Gasteiger partial charge is 0.287 e. The molecule has 0 aromatic carbocycles. The highest BCUT2D eigenvalue weighted by Gasteiger charge is 2.31. The zero-order valence-corrected chi connectivity index (χ0v) is 14.5. The van der Waals surface area contributed by atoms with E-state index >= 15 is 0 Å². The van der Waals surface area contributed by atoms with Crippen LogP contribution < -0.4 is 5.32 Å². The monoisotopic (exact) mass is 338 g/mol. The second-order valence-electron chi connectivity index (χ2n) is 6.53. The van der Waals surface area contributed by atoms with E-state index in [1.807, 2.05) is 12.3 Å². The lowest BCUT2D eigenvalue weighted by molar-refractivity contribution is 0.00720. The third kappa shape index (κ3) is 4.11. The van der Waals surface area contributed by atoms with Crippen LogP contribution in [0.4, 0.5) is 0 Å². The fourth-order valence-corrected chi connectivity index (χ4v) is 4.08. The Morgan fingerprint density at radius 3 is 2.65 bits per heavy atom. The molecular weight excluding hydrogens is 312 g/mol. The minimum Gasteiger partial charge on any atom is -0.445 e. The number of likely N-dealkylation sites (tertiary alicyclic amines) is 1. The molecule has 2 unspecified atom stereocenters. The van der Waals surface area contributed by atoms with Gasteiger partial charge in [0.2, 0.25) is 0 Å². The van der Waals surface area contributed by atoms with Gasteiger partial charge in [-0.05, 0) is 44.1 Å². The lowest BCUT2D eigenvalue weighted by Crippen LogP contribution is -2.52. The van der Waals surface area contributed by atoms with E-state index in [9.17, 15) is 9.90 Å². The summed E-state index contributed by atoms with van der Waals surface area (Å²) in [5, 5.41) is 14.0. The third-order valence-electron chi connectivity index (χ3n) is 5.03. The van der Waals surface area contributed by atoms with Crippen LogP contribution in [0.5, 0.6) is 0 Å². The molecule has 5 nitrogen and oxygen atoms in total. The summed E-state index contributed by atoms with van der Waals surface area (Å²) in [6.07, 6.45) is 8.01. The Kier molecular flexibility index (Phi) is 5.67. The molecule has 1 aliphatic carbocycles. The predicted octanol–water partition coefficient (Wildman–Crippen LogP) is 2.50. The minimum absolute atomic E-state index is 0.124. The Balaban J connectivity index is 1.48. The quantitative estimate of drug-likeness (QED) is 0.826. The summed E-state index contributed by atoms with van der Waals surface area (Å²) in [6, 6.07) is 4.07. The number of amides is 1. The van der Waals surface area contributed by atoms with Crippen molar-refractivity contribution in [1.29, 1.82) is 0 Å². The Hall–Kier alpha value is -0.980. The number of furan rings is 1. The van der Waals surface area contributed by atoms with Gasteiger partial charge in [-0.3, -0.25) is 9.69 Å². The highest BCUT2D eigenvalue weighted by Crippen LogP contribution is 2.26. The molecule has 6 heteroatoms. The van der Waals surface area contributed by atoms with Crippen molar-refractivity contribution in [3.8, 4) is 0 Å². The van der Waals surface area contributed by atoms with Crippen molar-refractivity contribution in [3.63, 3.8) is 0 Å². The van der Waals surface area contributed by atoms with E-state index in [1.54, 1.807) is 6.07 Å². The second kappa shape index (κ2) is 7.73. The molecule has 1 saturated heterocycles. The molecule has 0 radical (unpaired) electrons. The number of piperidine rings is 1. The maximum absolute atomic E-state index is 12.2. The van der Waals surface area contributed by atoms with Crippen LogP contribution in [0.3, 0.4) is 0 Å². The van der Waals surface area contributed by atoms with Gasteiger partial charge in [-0.25, -0.2) is 0 Å². The highest BCUT2D eigenvalue weighted by molar-refractivity contribution is 7.98. The van der Waals surface area contributed by atoms with Crippen LogP contribution in [0, 0.1) is 0 Å². The van der Waals surface area contributed by atoms with Gasteiger partial charge in [0, 0.05) is 25.2 Å². The molecule has 1 aromatic rings. The largest absolute Gasteiger partial charge is 0.445 e. The molecule has 2 heterocycles. The standard InChI is InChI=1S/C17H26N2O3S/c1-23-16-7-6-15(22-16)17(21)18-12-8-10-19(11-9-12)13-4-2-3-5-14(13)20/h6-7,12-14,20H,2-5,8-11H2,1H3,(H,18,21). The van der Waals surface area contributed by atoms with Crippen LogP contribution in [-0.4, -0.2) is 53.4 Å². The number of carbonyl (C=O) groups excluding carboxylic acids is 1. The summed E-state index contributed by atoms with van der Waals surface area (Å²) in [6.45, 7) is 1.89. The van der Waals surface area contributed by atoms with Crippen molar-refractivity contribution in [2.45, 2.75) is 61.8 Å². The number of hydrogen-bond acceptors (Lipinski definition) is 5. The molecule has 2 N–H and O–H groups in total. The van der Waals surface area contributed by atoms with Gasteiger partial charge >= 0.3 is 0 Å². The molecule has 1 saturated carbocycles. The normalized spacial score (nSPS) is 27.0. The maximum atomic E-state index is 12.2. The van der Waals surface area contributed by atoms with Crippen LogP contribution in [0.25, 0.3) is 0 Å². The van der Waals surface area contributed by atoms with Crippen molar-refractivity contribution in [3.05, 3.63) is 17.9 Å². The summed E-state index contributed by atoms with van der Waals surface area (Å²) in [4.78, 5) is 14.6. The molecule has 1 amide bonds. The number of nitrogens with zero attached hydrogens (tertiary/aromatic N) is 1. The van der Waals surface area contributed by atoms with Gasteiger partial charge in [-0.15, -0.1) is 0 Å². The van der Waals surface area contributed by atoms with Gasteiger partial charge in [0.05, 0.1) is 6.10 Å². The molecule has 2 aliphatic rings. The summed E-state index contributed by atoms with van der Waals surface area (Å²) < 4.78 is 5.47. The van der Waals surface area contributed by atoms with Gasteiger partial charge in [-0.2, -0.15) is 0 Å². The second-order valence-corrected chi connectivity index (χ2v) is 7.34. The van der Waals surface area contributed by atoms with E-state index in [2.05, 4.69) is 10.2 Å². The average molecular weight is 338 g/mol. The van der Waals surface area contributed by atoms with E-state index < -0.39 is 0 Å². The molecule has 23 heavy (non-hydrogen) atoms. The number of aliphatic hydroxyl groups excluding tert-OH is 1. The van der Waals surface area contributed by atoms with Crippen LogP contribution in [-0.2, 0) is 0 Å². The topological polar surface area (TPSA) is 65.7 Å². The molecule has 3 rings (SSSR count). The third-order valence-corrected chi connectivity index (χ3v) is 5.66. The summed E-state index contributed by atoms with van der Waals surface area (Å²) in [5.41, 5.74) is 0. The van der Waals surface area contributed by atoms with Crippen molar-refractivity contribution in [2.24, 2.45) is 0 Å². The molecule has 2 atom stereocenters. The van der Waals surface area contributed by atoms with E-state index in [-0.39, 0.29) is 18.1 Å². The highest BCUT2D eigenvalue weighted by atomic mass is 32.2. The maximum Gasteiger partial charge on any atom is 0.287 e.